The smallest absolute Gasteiger partial charge is 0.261 e. The molecule has 3 aromatic carbocycles. The molecule has 200 valence electrons. The van der Waals surface area contributed by atoms with Crippen LogP contribution in [0.1, 0.15) is 46.9 Å². The Balaban J connectivity index is 1.55. The first kappa shape index (κ1) is 25.9. The van der Waals surface area contributed by atoms with E-state index in [1.54, 1.807) is 25.1 Å². The van der Waals surface area contributed by atoms with Crippen molar-refractivity contribution in [3.8, 4) is 17.2 Å². The molecule has 39 heavy (non-hydrogen) atoms. The van der Waals surface area contributed by atoms with Crippen molar-refractivity contribution in [1.29, 1.82) is 0 Å². The van der Waals surface area contributed by atoms with Gasteiger partial charge in [-0.05, 0) is 60.9 Å². The highest BCUT2D eigenvalue weighted by Crippen LogP contribution is 2.41. The van der Waals surface area contributed by atoms with Crippen LogP contribution >= 0.6 is 0 Å². The van der Waals surface area contributed by atoms with Crippen molar-refractivity contribution in [2.24, 2.45) is 0 Å². The van der Waals surface area contributed by atoms with Crippen molar-refractivity contribution in [3.63, 3.8) is 0 Å². The topological polar surface area (TPSA) is 86.6 Å². The van der Waals surface area contributed by atoms with Crippen molar-refractivity contribution < 1.29 is 19.0 Å². The fourth-order valence-corrected chi connectivity index (χ4v) is 4.72. The Labute approximate surface area is 228 Å². The Morgan fingerprint density at radius 3 is 2.44 bits per heavy atom. The van der Waals surface area contributed by atoms with Crippen LogP contribution < -0.4 is 24.8 Å². The third-order valence-corrected chi connectivity index (χ3v) is 6.73. The van der Waals surface area contributed by atoms with Crippen LogP contribution in [0.15, 0.2) is 79.0 Å². The molecule has 4 aromatic rings. The van der Waals surface area contributed by atoms with Crippen LogP contribution in [0.2, 0.25) is 0 Å². The van der Waals surface area contributed by atoms with Crippen LogP contribution in [0.3, 0.4) is 0 Å². The number of fused-ring (bicyclic) bond motifs is 1. The first-order chi connectivity index (χ1) is 19.1. The number of hydrogen-bond acceptors (Lipinski definition) is 6. The van der Waals surface area contributed by atoms with Crippen molar-refractivity contribution in [2.75, 3.05) is 31.5 Å². The number of allylic oxidation sites excluding steroid dienone is 1. The lowest BCUT2D eigenvalue weighted by Gasteiger charge is -2.27. The molecule has 1 atom stereocenters. The maximum absolute atomic E-state index is 13.5. The molecule has 2 heterocycles. The molecule has 8 nitrogen and oxygen atoms in total. The van der Waals surface area contributed by atoms with E-state index in [-0.39, 0.29) is 11.9 Å². The minimum absolute atomic E-state index is 0.271. The van der Waals surface area contributed by atoms with Gasteiger partial charge in [-0.25, -0.2) is 4.68 Å². The molecule has 0 spiro atoms. The molecule has 0 bridgehead atoms. The van der Waals surface area contributed by atoms with Crippen LogP contribution in [-0.2, 0) is 6.42 Å². The van der Waals surface area contributed by atoms with Gasteiger partial charge in [-0.1, -0.05) is 43.3 Å². The Bertz CT molecular complexity index is 1490. The van der Waals surface area contributed by atoms with E-state index < -0.39 is 0 Å². The van der Waals surface area contributed by atoms with Crippen molar-refractivity contribution in [2.45, 2.75) is 26.3 Å². The predicted molar refractivity (Wildman–Crippen MR) is 153 cm³/mol. The average molecular weight is 525 g/mol. The van der Waals surface area contributed by atoms with Gasteiger partial charge in [-0.2, -0.15) is 5.10 Å². The maximum atomic E-state index is 13.5. The molecule has 0 aliphatic carbocycles. The zero-order valence-corrected chi connectivity index (χ0v) is 22.5. The summed E-state index contributed by atoms with van der Waals surface area (Å²) < 4.78 is 18.6. The summed E-state index contributed by atoms with van der Waals surface area (Å²) in [4.78, 5) is 13.5. The molecule has 1 amide bonds. The summed E-state index contributed by atoms with van der Waals surface area (Å²) >= 11 is 0. The number of benzene rings is 3. The van der Waals surface area contributed by atoms with Gasteiger partial charge in [0.15, 0.2) is 11.5 Å². The zero-order chi connectivity index (χ0) is 27.4. The first-order valence-corrected chi connectivity index (χ1v) is 13.0. The van der Waals surface area contributed by atoms with E-state index in [0.717, 1.165) is 29.0 Å². The first-order valence-electron chi connectivity index (χ1n) is 13.0. The van der Waals surface area contributed by atoms with Crippen molar-refractivity contribution in [3.05, 3.63) is 101 Å². The number of nitrogens with zero attached hydrogens (tertiary/aromatic N) is 2. The number of para-hydroxylation sites is 1. The number of amides is 1. The van der Waals surface area contributed by atoms with Gasteiger partial charge in [0, 0.05) is 16.9 Å². The average Bonchev–Trinajstić information content (AvgIpc) is 3.41. The van der Waals surface area contributed by atoms with E-state index in [2.05, 4.69) is 53.0 Å². The number of methoxy groups -OCH3 is 2. The van der Waals surface area contributed by atoms with Crippen LogP contribution in [0.25, 0.3) is 5.70 Å². The normalized spacial score (nSPS) is 14.1. The summed E-state index contributed by atoms with van der Waals surface area (Å²) in [5.41, 5.74) is 5.08. The number of ether oxygens (including phenoxy) is 3. The predicted octanol–water partition coefficient (Wildman–Crippen LogP) is 6.17. The summed E-state index contributed by atoms with van der Waals surface area (Å²) in [6.45, 7) is 4.64. The SMILES string of the molecule is CCOc1ccc(NC(=O)c2cnn3c2NC(c2ccc(CC)cc2)=CC3c2cccc(OC)c2OC)cc1. The molecule has 5 rings (SSSR count). The van der Waals surface area contributed by atoms with Crippen molar-refractivity contribution >= 4 is 23.1 Å². The number of hydrogen-bond donors (Lipinski definition) is 2. The fourth-order valence-electron chi connectivity index (χ4n) is 4.72. The lowest BCUT2D eigenvalue weighted by atomic mass is 9.99. The van der Waals surface area contributed by atoms with E-state index in [9.17, 15) is 4.79 Å². The molecule has 1 aliphatic heterocycles. The number of rotatable bonds is 9. The van der Waals surface area contributed by atoms with Gasteiger partial charge in [0.05, 0.1) is 27.0 Å². The second kappa shape index (κ2) is 11.3. The maximum Gasteiger partial charge on any atom is 0.261 e. The Hall–Kier alpha value is -4.72. The monoisotopic (exact) mass is 524 g/mol. The second-order valence-electron chi connectivity index (χ2n) is 9.05. The molecule has 0 radical (unpaired) electrons. The third-order valence-electron chi connectivity index (χ3n) is 6.73. The van der Waals surface area contributed by atoms with Gasteiger partial charge in [0.25, 0.3) is 5.91 Å². The van der Waals surface area contributed by atoms with E-state index >= 15 is 0 Å². The lowest BCUT2D eigenvalue weighted by Crippen LogP contribution is -2.22. The van der Waals surface area contributed by atoms with Crippen LogP contribution in [0.4, 0.5) is 11.5 Å². The molecular formula is C31H32N4O4. The molecule has 1 aliphatic rings. The number of aromatic nitrogens is 2. The molecule has 2 N–H and O–H groups in total. The molecular weight excluding hydrogens is 492 g/mol. The van der Waals surface area contributed by atoms with Gasteiger partial charge in [0.1, 0.15) is 23.2 Å². The number of anilines is 2. The quantitative estimate of drug-likeness (QED) is 0.272. The highest BCUT2D eigenvalue weighted by molar-refractivity contribution is 6.08. The molecule has 0 saturated carbocycles. The summed E-state index contributed by atoms with van der Waals surface area (Å²) in [5.74, 6) is 2.31. The van der Waals surface area contributed by atoms with Gasteiger partial charge >= 0.3 is 0 Å². The highest BCUT2D eigenvalue weighted by Gasteiger charge is 2.30. The van der Waals surface area contributed by atoms with E-state index in [0.29, 0.717) is 35.2 Å². The Morgan fingerprint density at radius 2 is 1.77 bits per heavy atom. The van der Waals surface area contributed by atoms with Crippen LogP contribution in [-0.4, -0.2) is 36.5 Å². The van der Waals surface area contributed by atoms with Gasteiger partial charge in [-0.15, -0.1) is 0 Å². The van der Waals surface area contributed by atoms with Gasteiger partial charge < -0.3 is 24.8 Å². The molecule has 0 fully saturated rings. The minimum Gasteiger partial charge on any atom is -0.494 e. The number of aryl methyl sites for hydroxylation is 1. The van der Waals surface area contributed by atoms with E-state index in [1.165, 1.54) is 5.56 Å². The summed E-state index contributed by atoms with van der Waals surface area (Å²) in [6.07, 6.45) is 4.63. The minimum atomic E-state index is -0.348. The number of carbonyl (C=O) groups excluding carboxylic acids is 1. The third kappa shape index (κ3) is 5.18. The molecule has 1 unspecified atom stereocenters. The van der Waals surface area contributed by atoms with E-state index in [4.69, 9.17) is 14.2 Å². The number of nitrogens with one attached hydrogen (secondary N) is 2. The van der Waals surface area contributed by atoms with Gasteiger partial charge in [0.2, 0.25) is 0 Å². The second-order valence-corrected chi connectivity index (χ2v) is 9.05. The largest absolute Gasteiger partial charge is 0.494 e. The zero-order valence-electron chi connectivity index (χ0n) is 22.5. The van der Waals surface area contributed by atoms with Crippen LogP contribution in [0, 0.1) is 0 Å². The number of carbonyl (C=O) groups is 1. The summed E-state index contributed by atoms with van der Waals surface area (Å²) in [7, 11) is 3.24. The Morgan fingerprint density at radius 1 is 1.00 bits per heavy atom. The highest BCUT2D eigenvalue weighted by atomic mass is 16.5. The van der Waals surface area contributed by atoms with Crippen molar-refractivity contribution in [1.82, 2.24) is 9.78 Å². The summed E-state index contributed by atoms with van der Waals surface area (Å²) in [5, 5.41) is 11.1. The fraction of sp³-hybridized carbons (Fsp3) is 0.226. The van der Waals surface area contributed by atoms with Gasteiger partial charge in [-0.3, -0.25) is 4.79 Å². The molecule has 0 saturated heterocycles. The Kier molecular flexibility index (Phi) is 7.54. The molecule has 8 heteroatoms. The lowest BCUT2D eigenvalue weighted by molar-refractivity contribution is 0.102. The van der Waals surface area contributed by atoms with E-state index in [1.807, 2.05) is 49.4 Å². The van der Waals surface area contributed by atoms with Crippen LogP contribution in [0.5, 0.6) is 17.2 Å². The molecule has 1 aromatic heterocycles. The summed E-state index contributed by atoms with van der Waals surface area (Å²) in [6, 6.07) is 21.1. The standard InChI is InChI=1S/C31H32N4O4/c1-5-20-10-12-21(13-11-20)26-18-27(24-8-7-9-28(37-3)29(24)38-4)35-30(34-26)25(19-32-35)31(36)33-22-14-16-23(17-15-22)39-6-2/h7-19,27,34H,5-6H2,1-4H3,(H,33,36).